The molecule has 0 spiro atoms. The van der Waals surface area contributed by atoms with E-state index in [0.717, 1.165) is 44.9 Å². The van der Waals surface area contributed by atoms with Gasteiger partial charge in [0.05, 0.1) is 0 Å². The first-order chi connectivity index (χ1) is 10.6. The van der Waals surface area contributed by atoms with Crippen LogP contribution in [0.5, 0.6) is 0 Å². The predicted octanol–water partition coefficient (Wildman–Crippen LogP) is -0.846. The van der Waals surface area contributed by atoms with Gasteiger partial charge in [0.25, 0.3) is 0 Å². The molecule has 0 saturated carbocycles. The van der Waals surface area contributed by atoms with Gasteiger partial charge >= 0.3 is 29.6 Å². The Balaban J connectivity index is 0. The van der Waals surface area contributed by atoms with Gasteiger partial charge in [0.15, 0.2) is 0 Å². The molecule has 130 valence electrons. The molecule has 0 aliphatic rings. The summed E-state index contributed by atoms with van der Waals surface area (Å²) in [5.41, 5.74) is 0. The van der Waals surface area contributed by atoms with E-state index >= 15 is 0 Å². The Morgan fingerprint density at radius 2 is 0.957 bits per heavy atom. The summed E-state index contributed by atoms with van der Waals surface area (Å²) < 4.78 is 0. The summed E-state index contributed by atoms with van der Waals surface area (Å²) in [4.78, 5) is 10.2. The zero-order valence-electron chi connectivity index (χ0n) is 15.0. The standard InChI is InChI=1S/C18H34O4.Na/c1-2-3-4-5-7-10-13-16(19)17(20)14-11-8-6-9-12-15-18(21)22;/h19-20H,2-15H2,1H3,(H,21,22);/q;+1/p-3/b17-16-;. The topological polar surface area (TPSA) is 86.2 Å². The van der Waals surface area contributed by atoms with Crippen molar-refractivity contribution in [3.63, 3.8) is 0 Å². The molecular formula is C18H31NaO4-2. The molecule has 0 aromatic rings. The number of aliphatic carboxylic acids is 1. The summed E-state index contributed by atoms with van der Waals surface area (Å²) in [7, 11) is 0. The molecule has 0 radical (unpaired) electrons. The normalized spacial score (nSPS) is 11.7. The Kier molecular flexibility index (Phi) is 19.8. The minimum Gasteiger partial charge on any atom is -0.876 e. The van der Waals surface area contributed by atoms with E-state index in [1.807, 2.05) is 0 Å². The van der Waals surface area contributed by atoms with Crippen LogP contribution in [0.25, 0.3) is 0 Å². The monoisotopic (exact) mass is 334 g/mol. The molecule has 0 aromatic carbocycles. The van der Waals surface area contributed by atoms with E-state index in [2.05, 4.69) is 6.92 Å². The largest absolute Gasteiger partial charge is 1.00 e. The van der Waals surface area contributed by atoms with Crippen molar-refractivity contribution in [3.8, 4) is 0 Å². The van der Waals surface area contributed by atoms with E-state index in [9.17, 15) is 20.1 Å². The fraction of sp³-hybridized carbons (Fsp3) is 0.833. The van der Waals surface area contributed by atoms with Crippen molar-refractivity contribution in [1.82, 2.24) is 0 Å². The summed E-state index contributed by atoms with van der Waals surface area (Å²) in [6, 6.07) is 0. The average molecular weight is 334 g/mol. The fourth-order valence-electron chi connectivity index (χ4n) is 2.43. The molecule has 0 amide bonds. The molecule has 0 unspecified atom stereocenters. The Morgan fingerprint density at radius 1 is 0.609 bits per heavy atom. The summed E-state index contributed by atoms with van der Waals surface area (Å²) >= 11 is 0. The van der Waals surface area contributed by atoms with Gasteiger partial charge in [-0.15, -0.1) is 11.5 Å². The third-order valence-electron chi connectivity index (χ3n) is 3.85. The van der Waals surface area contributed by atoms with Crippen LogP contribution in [0.4, 0.5) is 0 Å². The van der Waals surface area contributed by atoms with Crippen LogP contribution in [0.1, 0.15) is 96.8 Å². The molecule has 0 aliphatic heterocycles. The first-order valence-electron chi connectivity index (χ1n) is 8.83. The maximum atomic E-state index is 11.7. The molecule has 23 heavy (non-hydrogen) atoms. The number of rotatable bonds is 15. The van der Waals surface area contributed by atoms with Crippen LogP contribution in [-0.4, -0.2) is 5.97 Å². The Hall–Kier alpha value is -0.190. The molecule has 0 atom stereocenters. The molecule has 4 nitrogen and oxygen atoms in total. The smallest absolute Gasteiger partial charge is 0.876 e. The van der Waals surface area contributed by atoms with Crippen LogP contribution < -0.4 is 44.9 Å². The first-order valence-corrected chi connectivity index (χ1v) is 8.83. The number of carboxylic acid groups (broad SMARTS) is 1. The van der Waals surface area contributed by atoms with Crippen LogP contribution in [0, 0.1) is 0 Å². The molecule has 0 fully saturated rings. The second-order valence-corrected chi connectivity index (χ2v) is 6.00. The number of hydrogen-bond donors (Lipinski definition) is 0. The molecule has 0 bridgehead atoms. The van der Waals surface area contributed by atoms with Crippen molar-refractivity contribution in [2.45, 2.75) is 96.8 Å². The number of carbonyl (C=O) groups is 1. The first kappa shape index (κ1) is 25.1. The maximum Gasteiger partial charge on any atom is 1.00 e. The number of hydrogen-bond acceptors (Lipinski definition) is 4. The van der Waals surface area contributed by atoms with Crippen LogP contribution in [0.3, 0.4) is 0 Å². The average Bonchev–Trinajstić information content (AvgIpc) is 2.49. The summed E-state index contributed by atoms with van der Waals surface area (Å²) in [6.07, 6.45) is 11.5. The second-order valence-electron chi connectivity index (χ2n) is 6.00. The summed E-state index contributed by atoms with van der Waals surface area (Å²) in [6.45, 7) is 2.17. The van der Waals surface area contributed by atoms with E-state index < -0.39 is 5.97 Å². The predicted molar refractivity (Wildman–Crippen MR) is 82.3 cm³/mol. The maximum absolute atomic E-state index is 11.7. The van der Waals surface area contributed by atoms with Gasteiger partial charge in [0.1, 0.15) is 0 Å². The molecule has 0 aliphatic carbocycles. The van der Waals surface area contributed by atoms with Crippen molar-refractivity contribution in [2.24, 2.45) is 0 Å². The molecule has 0 heterocycles. The van der Waals surface area contributed by atoms with Crippen molar-refractivity contribution >= 4 is 5.97 Å². The van der Waals surface area contributed by atoms with Gasteiger partial charge in [0, 0.05) is 5.97 Å². The Morgan fingerprint density at radius 3 is 1.35 bits per heavy atom. The third kappa shape index (κ3) is 18.0. The minimum atomic E-state index is -1.00. The van der Waals surface area contributed by atoms with Crippen LogP contribution in [0.15, 0.2) is 11.5 Å². The van der Waals surface area contributed by atoms with Gasteiger partial charge in [0.2, 0.25) is 0 Å². The zero-order valence-corrected chi connectivity index (χ0v) is 17.0. The van der Waals surface area contributed by atoms with E-state index in [1.165, 1.54) is 19.3 Å². The molecule has 0 rings (SSSR count). The van der Waals surface area contributed by atoms with Crippen molar-refractivity contribution in [1.29, 1.82) is 0 Å². The van der Waals surface area contributed by atoms with Gasteiger partial charge in [-0.2, -0.15) is 0 Å². The molecule has 0 N–H and O–H groups in total. The fourth-order valence-corrected chi connectivity index (χ4v) is 2.43. The van der Waals surface area contributed by atoms with Gasteiger partial charge in [-0.25, -0.2) is 0 Å². The van der Waals surface area contributed by atoms with E-state index in [-0.39, 0.29) is 47.5 Å². The van der Waals surface area contributed by atoms with E-state index in [4.69, 9.17) is 0 Å². The zero-order chi connectivity index (χ0) is 16.6. The summed E-state index contributed by atoms with van der Waals surface area (Å²) in [5, 5.41) is 33.5. The molecular weight excluding hydrogens is 303 g/mol. The van der Waals surface area contributed by atoms with Crippen molar-refractivity contribution in [3.05, 3.63) is 11.5 Å². The quantitative estimate of drug-likeness (QED) is 0.222. The number of unbranched alkanes of at least 4 members (excludes halogenated alkanes) is 9. The second kappa shape index (κ2) is 18.2. The van der Waals surface area contributed by atoms with Gasteiger partial charge < -0.3 is 20.1 Å². The van der Waals surface area contributed by atoms with Gasteiger partial charge in [-0.05, 0) is 25.7 Å². The Labute approximate surface area is 163 Å². The van der Waals surface area contributed by atoms with Crippen LogP contribution in [-0.2, 0) is 4.79 Å². The van der Waals surface area contributed by atoms with Crippen LogP contribution >= 0.6 is 0 Å². The molecule has 0 saturated heterocycles. The SMILES string of the molecule is CCCCCCCC/C([O-])=C(/[O-])CCCCCCCC(=O)[O-].[Na+]. The van der Waals surface area contributed by atoms with E-state index in [0.29, 0.717) is 19.3 Å². The van der Waals surface area contributed by atoms with Gasteiger partial charge in [-0.3, -0.25) is 0 Å². The summed E-state index contributed by atoms with van der Waals surface area (Å²) in [5.74, 6) is -1.45. The van der Waals surface area contributed by atoms with Crippen LogP contribution in [0.2, 0.25) is 0 Å². The third-order valence-corrected chi connectivity index (χ3v) is 3.85. The van der Waals surface area contributed by atoms with E-state index in [1.54, 1.807) is 0 Å². The number of carboxylic acids is 1. The van der Waals surface area contributed by atoms with Crippen molar-refractivity contribution in [2.75, 3.05) is 0 Å². The molecule has 5 heteroatoms. The number of allylic oxidation sites excluding steroid dienone is 2. The van der Waals surface area contributed by atoms with Crippen molar-refractivity contribution < 1.29 is 49.7 Å². The molecule has 0 aromatic heterocycles. The number of carbonyl (C=O) groups excluding carboxylic acids is 1. The Bertz CT molecular complexity index is 316. The van der Waals surface area contributed by atoms with Gasteiger partial charge in [-0.1, -0.05) is 71.1 Å². The minimum absolute atomic E-state index is 0.